The lowest BCUT2D eigenvalue weighted by atomic mass is 10.2. The van der Waals surface area contributed by atoms with Crippen molar-refractivity contribution in [1.82, 2.24) is 4.72 Å². The molecule has 0 aliphatic heterocycles. The van der Waals surface area contributed by atoms with Gasteiger partial charge in [-0.1, -0.05) is 11.6 Å². The van der Waals surface area contributed by atoms with Crippen molar-refractivity contribution < 1.29 is 17.9 Å². The van der Waals surface area contributed by atoms with Crippen LogP contribution in [0.4, 0.5) is 5.69 Å². The second-order valence-electron chi connectivity index (χ2n) is 3.00. The number of esters is 1. The van der Waals surface area contributed by atoms with E-state index in [9.17, 15) is 13.2 Å². The van der Waals surface area contributed by atoms with Crippen LogP contribution in [0.1, 0.15) is 10.4 Å². The molecule has 8 heteroatoms. The van der Waals surface area contributed by atoms with Gasteiger partial charge in [-0.15, -0.1) is 0 Å². The number of nitrogens with one attached hydrogen (secondary N) is 2. The Bertz CT molecular complexity index is 530. The molecule has 0 spiro atoms. The van der Waals surface area contributed by atoms with E-state index in [4.69, 9.17) is 11.6 Å². The van der Waals surface area contributed by atoms with Gasteiger partial charge < -0.3 is 4.74 Å². The molecule has 0 saturated carbocycles. The van der Waals surface area contributed by atoms with Crippen molar-refractivity contribution in [3.63, 3.8) is 0 Å². The number of benzene rings is 1. The molecule has 17 heavy (non-hydrogen) atoms. The fourth-order valence-corrected chi connectivity index (χ4v) is 1.80. The minimum Gasteiger partial charge on any atom is -0.465 e. The molecule has 1 rings (SSSR count). The molecule has 0 atom stereocenters. The van der Waals surface area contributed by atoms with Crippen molar-refractivity contribution >= 4 is 33.5 Å². The quantitative estimate of drug-likeness (QED) is 0.805. The van der Waals surface area contributed by atoms with Gasteiger partial charge in [0.25, 0.3) is 10.2 Å². The van der Waals surface area contributed by atoms with E-state index in [1.54, 1.807) is 0 Å². The minimum atomic E-state index is -3.63. The molecule has 0 radical (unpaired) electrons. The third kappa shape index (κ3) is 3.58. The summed E-state index contributed by atoms with van der Waals surface area (Å²) in [5.74, 6) is -0.638. The summed E-state index contributed by atoms with van der Waals surface area (Å²) in [6.07, 6.45) is 0. The number of hydrogen-bond donors (Lipinski definition) is 2. The molecule has 94 valence electrons. The van der Waals surface area contributed by atoms with Gasteiger partial charge in [-0.2, -0.15) is 8.42 Å². The molecule has 0 aromatic heterocycles. The summed E-state index contributed by atoms with van der Waals surface area (Å²) in [5.41, 5.74) is 0.301. The maximum atomic E-state index is 11.3. The second-order valence-corrected chi connectivity index (χ2v) is 5.02. The van der Waals surface area contributed by atoms with Crippen molar-refractivity contribution in [2.24, 2.45) is 0 Å². The van der Waals surface area contributed by atoms with Gasteiger partial charge in [-0.25, -0.2) is 9.52 Å². The van der Waals surface area contributed by atoms with E-state index >= 15 is 0 Å². The number of rotatable bonds is 4. The topological polar surface area (TPSA) is 84.5 Å². The Hall–Kier alpha value is -1.31. The van der Waals surface area contributed by atoms with Crippen LogP contribution >= 0.6 is 11.6 Å². The maximum Gasteiger partial charge on any atom is 0.339 e. The van der Waals surface area contributed by atoms with E-state index in [-0.39, 0.29) is 16.3 Å². The Morgan fingerprint density at radius 2 is 2.06 bits per heavy atom. The van der Waals surface area contributed by atoms with Crippen LogP contribution in [0, 0.1) is 0 Å². The Kier molecular flexibility index (Phi) is 4.33. The Labute approximate surface area is 104 Å². The first-order valence-corrected chi connectivity index (χ1v) is 6.35. The van der Waals surface area contributed by atoms with Crippen molar-refractivity contribution in [3.8, 4) is 0 Å². The van der Waals surface area contributed by atoms with E-state index in [0.717, 1.165) is 0 Å². The molecule has 1 aromatic carbocycles. The predicted octanol–water partition coefficient (Wildman–Crippen LogP) is 1.00. The Balaban J connectivity index is 3.09. The van der Waals surface area contributed by atoms with Crippen LogP contribution in [0.3, 0.4) is 0 Å². The lowest BCUT2D eigenvalue weighted by molar-refractivity contribution is 0.0601. The molecular weight excluding hydrogens is 268 g/mol. The Morgan fingerprint density at radius 1 is 1.41 bits per heavy atom. The van der Waals surface area contributed by atoms with Crippen LogP contribution in [0.5, 0.6) is 0 Å². The summed E-state index contributed by atoms with van der Waals surface area (Å²) >= 11 is 5.78. The zero-order valence-corrected chi connectivity index (χ0v) is 10.7. The summed E-state index contributed by atoms with van der Waals surface area (Å²) in [6, 6.07) is 4.13. The summed E-state index contributed by atoms with van der Waals surface area (Å²) in [6.45, 7) is 0. The number of hydrogen-bond acceptors (Lipinski definition) is 4. The van der Waals surface area contributed by atoms with Gasteiger partial charge in [-0.05, 0) is 18.2 Å². The number of ether oxygens (including phenoxy) is 1. The second kappa shape index (κ2) is 5.35. The van der Waals surface area contributed by atoms with Crippen LogP contribution in [-0.2, 0) is 14.9 Å². The van der Waals surface area contributed by atoms with Gasteiger partial charge in [0.05, 0.1) is 23.4 Å². The van der Waals surface area contributed by atoms with Crippen LogP contribution in [0.25, 0.3) is 0 Å². The minimum absolute atomic E-state index is 0.0884. The van der Waals surface area contributed by atoms with E-state index in [0.29, 0.717) is 0 Å². The van der Waals surface area contributed by atoms with E-state index in [1.165, 1.54) is 32.4 Å². The first-order chi connectivity index (χ1) is 7.89. The lowest BCUT2D eigenvalue weighted by Gasteiger charge is -2.08. The molecule has 0 fully saturated rings. The molecule has 0 aliphatic carbocycles. The first kappa shape index (κ1) is 13.8. The van der Waals surface area contributed by atoms with Crippen molar-refractivity contribution in [2.75, 3.05) is 18.9 Å². The summed E-state index contributed by atoms with van der Waals surface area (Å²) in [4.78, 5) is 11.3. The van der Waals surface area contributed by atoms with Gasteiger partial charge in [0.2, 0.25) is 0 Å². The predicted molar refractivity (Wildman–Crippen MR) is 64.4 cm³/mol. The standard InChI is InChI=1S/C9H11ClN2O4S/c1-11-17(14,15)12-6-3-4-8(10)7(5-6)9(13)16-2/h3-5,11-12H,1-2H3. The lowest BCUT2D eigenvalue weighted by Crippen LogP contribution is -2.26. The van der Waals surface area contributed by atoms with E-state index in [1.807, 2.05) is 0 Å². The number of carbonyl (C=O) groups excluding carboxylic acids is 1. The molecule has 6 nitrogen and oxygen atoms in total. The van der Waals surface area contributed by atoms with E-state index < -0.39 is 16.2 Å². The average Bonchev–Trinajstić information content (AvgIpc) is 2.30. The number of carbonyl (C=O) groups is 1. The first-order valence-electron chi connectivity index (χ1n) is 4.49. The van der Waals surface area contributed by atoms with Crippen molar-refractivity contribution in [1.29, 1.82) is 0 Å². The highest BCUT2D eigenvalue weighted by molar-refractivity contribution is 7.90. The molecule has 0 heterocycles. The largest absolute Gasteiger partial charge is 0.465 e. The molecule has 0 saturated heterocycles. The normalized spacial score (nSPS) is 11.0. The van der Waals surface area contributed by atoms with Crippen molar-refractivity contribution in [2.45, 2.75) is 0 Å². The van der Waals surface area contributed by atoms with Crippen LogP contribution in [-0.4, -0.2) is 28.5 Å². The smallest absolute Gasteiger partial charge is 0.339 e. The fraction of sp³-hybridized carbons (Fsp3) is 0.222. The van der Waals surface area contributed by atoms with Crippen molar-refractivity contribution in [3.05, 3.63) is 28.8 Å². The van der Waals surface area contributed by atoms with Gasteiger partial charge in [0.15, 0.2) is 0 Å². The zero-order chi connectivity index (χ0) is 13.1. The maximum absolute atomic E-state index is 11.3. The highest BCUT2D eigenvalue weighted by Crippen LogP contribution is 2.21. The third-order valence-electron chi connectivity index (χ3n) is 1.89. The van der Waals surface area contributed by atoms with Gasteiger partial charge in [0, 0.05) is 7.05 Å². The van der Waals surface area contributed by atoms with Gasteiger partial charge in [0.1, 0.15) is 0 Å². The molecule has 0 amide bonds. The molecule has 0 aliphatic rings. The number of halogens is 1. The van der Waals surface area contributed by atoms with E-state index in [2.05, 4.69) is 14.2 Å². The fourth-order valence-electron chi connectivity index (χ4n) is 1.06. The molecule has 2 N–H and O–H groups in total. The summed E-state index contributed by atoms with van der Waals surface area (Å²) in [7, 11) is -1.16. The summed E-state index contributed by atoms with van der Waals surface area (Å²) < 4.78 is 31.3. The molecule has 0 bridgehead atoms. The van der Waals surface area contributed by atoms with Gasteiger partial charge >= 0.3 is 5.97 Å². The van der Waals surface area contributed by atoms with Crippen LogP contribution in [0.15, 0.2) is 18.2 Å². The average molecular weight is 279 g/mol. The monoisotopic (exact) mass is 278 g/mol. The highest BCUT2D eigenvalue weighted by Gasteiger charge is 2.13. The zero-order valence-electron chi connectivity index (χ0n) is 9.15. The van der Waals surface area contributed by atoms with Gasteiger partial charge in [-0.3, -0.25) is 4.72 Å². The summed E-state index contributed by atoms with van der Waals surface area (Å²) in [5, 5.41) is 0.184. The van der Waals surface area contributed by atoms with Crippen LogP contribution in [0.2, 0.25) is 5.02 Å². The third-order valence-corrected chi connectivity index (χ3v) is 3.26. The number of methoxy groups -OCH3 is 1. The highest BCUT2D eigenvalue weighted by atomic mass is 35.5. The Morgan fingerprint density at radius 3 is 2.59 bits per heavy atom. The molecular formula is C9H11ClN2O4S. The molecule has 0 unspecified atom stereocenters. The molecule has 1 aromatic rings. The SMILES string of the molecule is CNS(=O)(=O)Nc1ccc(Cl)c(C(=O)OC)c1. The number of anilines is 1. The van der Waals surface area contributed by atoms with Crippen LogP contribution < -0.4 is 9.44 Å².